The molecule has 0 aromatic rings. The summed E-state index contributed by atoms with van der Waals surface area (Å²) in [4.78, 5) is 0. The molecule has 102 valence electrons. The molecule has 0 saturated carbocycles. The largest absolute Gasteiger partial charge is 0.381 e. The van der Waals surface area contributed by atoms with Gasteiger partial charge in [0.1, 0.15) is 0 Å². The predicted octanol–water partition coefficient (Wildman–Crippen LogP) is 3.61. The fourth-order valence-electron chi connectivity index (χ4n) is 2.87. The van der Waals surface area contributed by atoms with Crippen LogP contribution >= 0.6 is 0 Å². The second-order valence-corrected chi connectivity index (χ2v) is 5.43. The van der Waals surface area contributed by atoms with Crippen molar-refractivity contribution in [2.75, 3.05) is 19.8 Å². The number of ether oxygens (including phenoxy) is 1. The highest BCUT2D eigenvalue weighted by Crippen LogP contribution is 2.25. The zero-order chi connectivity index (χ0) is 12.5. The first-order chi connectivity index (χ1) is 8.31. The Labute approximate surface area is 108 Å². The molecule has 0 spiro atoms. The summed E-state index contributed by atoms with van der Waals surface area (Å²) in [5, 5.41) is 3.78. The van der Waals surface area contributed by atoms with Crippen LogP contribution in [0.25, 0.3) is 0 Å². The molecule has 2 heteroatoms. The first-order valence-electron chi connectivity index (χ1n) is 7.62. The summed E-state index contributed by atoms with van der Waals surface area (Å²) in [6.45, 7) is 10.0. The maximum Gasteiger partial charge on any atom is 0.0469 e. The highest BCUT2D eigenvalue weighted by Gasteiger charge is 2.25. The topological polar surface area (TPSA) is 21.3 Å². The molecule has 1 heterocycles. The monoisotopic (exact) mass is 241 g/mol. The summed E-state index contributed by atoms with van der Waals surface area (Å²) in [6.07, 6.45) is 7.75. The van der Waals surface area contributed by atoms with Crippen molar-refractivity contribution < 1.29 is 4.74 Å². The molecule has 1 fully saturated rings. The second kappa shape index (κ2) is 8.93. The molecule has 1 N–H and O–H groups in total. The SMILES string of the molecule is CCCNC(CC(CC)CC)C1CCOCC1. The fraction of sp³-hybridized carbons (Fsp3) is 1.00. The van der Waals surface area contributed by atoms with Gasteiger partial charge in [-0.1, -0.05) is 33.6 Å². The minimum atomic E-state index is 0.726. The Balaban J connectivity index is 2.45. The third-order valence-electron chi connectivity index (χ3n) is 4.23. The van der Waals surface area contributed by atoms with Gasteiger partial charge in [0.25, 0.3) is 0 Å². The lowest BCUT2D eigenvalue weighted by atomic mass is 9.84. The minimum absolute atomic E-state index is 0.726. The van der Waals surface area contributed by atoms with Crippen molar-refractivity contribution in [3.63, 3.8) is 0 Å². The van der Waals surface area contributed by atoms with Crippen LogP contribution in [0.1, 0.15) is 59.3 Å². The van der Waals surface area contributed by atoms with E-state index in [2.05, 4.69) is 26.1 Å². The Hall–Kier alpha value is -0.0800. The van der Waals surface area contributed by atoms with E-state index in [1.807, 2.05) is 0 Å². The van der Waals surface area contributed by atoms with Gasteiger partial charge in [-0.25, -0.2) is 0 Å². The van der Waals surface area contributed by atoms with Crippen molar-refractivity contribution in [1.82, 2.24) is 5.32 Å². The van der Waals surface area contributed by atoms with Gasteiger partial charge < -0.3 is 10.1 Å². The summed E-state index contributed by atoms with van der Waals surface area (Å²) < 4.78 is 5.48. The Kier molecular flexibility index (Phi) is 7.87. The van der Waals surface area contributed by atoms with E-state index < -0.39 is 0 Å². The molecule has 2 nitrogen and oxygen atoms in total. The van der Waals surface area contributed by atoms with Gasteiger partial charge in [-0.05, 0) is 44.1 Å². The van der Waals surface area contributed by atoms with Gasteiger partial charge in [-0.3, -0.25) is 0 Å². The van der Waals surface area contributed by atoms with Gasteiger partial charge in [0.05, 0.1) is 0 Å². The van der Waals surface area contributed by atoms with Gasteiger partial charge >= 0.3 is 0 Å². The number of rotatable bonds is 8. The third-order valence-corrected chi connectivity index (χ3v) is 4.23. The maximum atomic E-state index is 5.48. The molecule has 0 aromatic carbocycles. The van der Waals surface area contributed by atoms with Crippen LogP contribution in [-0.4, -0.2) is 25.8 Å². The maximum absolute atomic E-state index is 5.48. The summed E-state index contributed by atoms with van der Waals surface area (Å²) in [6, 6.07) is 0.726. The Morgan fingerprint density at radius 2 is 1.76 bits per heavy atom. The van der Waals surface area contributed by atoms with Crippen molar-refractivity contribution in [2.45, 2.75) is 65.3 Å². The van der Waals surface area contributed by atoms with Crippen LogP contribution < -0.4 is 5.32 Å². The van der Waals surface area contributed by atoms with Crippen LogP contribution in [0.4, 0.5) is 0 Å². The van der Waals surface area contributed by atoms with Gasteiger partial charge in [-0.2, -0.15) is 0 Å². The molecule has 1 unspecified atom stereocenters. The van der Waals surface area contributed by atoms with Crippen LogP contribution in [-0.2, 0) is 4.74 Å². The normalized spacial score (nSPS) is 19.8. The lowest BCUT2D eigenvalue weighted by Gasteiger charge is -2.33. The molecular weight excluding hydrogens is 210 g/mol. The minimum Gasteiger partial charge on any atom is -0.381 e. The van der Waals surface area contributed by atoms with E-state index in [9.17, 15) is 0 Å². The number of hydrogen-bond acceptors (Lipinski definition) is 2. The predicted molar refractivity (Wildman–Crippen MR) is 74.3 cm³/mol. The lowest BCUT2D eigenvalue weighted by molar-refractivity contribution is 0.0499. The fourth-order valence-corrected chi connectivity index (χ4v) is 2.87. The van der Waals surface area contributed by atoms with E-state index in [1.54, 1.807) is 0 Å². The molecule has 1 aliphatic rings. The third kappa shape index (κ3) is 5.39. The van der Waals surface area contributed by atoms with Crippen molar-refractivity contribution in [2.24, 2.45) is 11.8 Å². The van der Waals surface area contributed by atoms with E-state index in [4.69, 9.17) is 4.74 Å². The Morgan fingerprint density at radius 1 is 1.12 bits per heavy atom. The summed E-state index contributed by atoms with van der Waals surface area (Å²) in [5.74, 6) is 1.74. The van der Waals surface area contributed by atoms with Gasteiger partial charge in [0.15, 0.2) is 0 Å². The van der Waals surface area contributed by atoms with Crippen LogP contribution in [0.5, 0.6) is 0 Å². The molecule has 0 bridgehead atoms. The standard InChI is InChI=1S/C15H31NO/c1-4-9-16-15(12-13(5-2)6-3)14-7-10-17-11-8-14/h13-16H,4-12H2,1-3H3. The van der Waals surface area contributed by atoms with Crippen LogP contribution in [0, 0.1) is 11.8 Å². The van der Waals surface area contributed by atoms with Crippen molar-refractivity contribution in [1.29, 1.82) is 0 Å². The first-order valence-corrected chi connectivity index (χ1v) is 7.62. The molecule has 0 amide bonds. The highest BCUT2D eigenvalue weighted by atomic mass is 16.5. The second-order valence-electron chi connectivity index (χ2n) is 5.43. The van der Waals surface area contributed by atoms with Gasteiger partial charge in [0, 0.05) is 19.3 Å². The Bertz CT molecular complexity index is 174. The molecule has 1 saturated heterocycles. The molecule has 1 atom stereocenters. The summed E-state index contributed by atoms with van der Waals surface area (Å²) in [7, 11) is 0. The summed E-state index contributed by atoms with van der Waals surface area (Å²) in [5.41, 5.74) is 0. The molecule has 0 radical (unpaired) electrons. The Morgan fingerprint density at radius 3 is 2.29 bits per heavy atom. The quantitative estimate of drug-likeness (QED) is 0.701. The lowest BCUT2D eigenvalue weighted by Crippen LogP contribution is -2.40. The van der Waals surface area contributed by atoms with Crippen LogP contribution in [0.3, 0.4) is 0 Å². The van der Waals surface area contributed by atoms with Crippen LogP contribution in [0.2, 0.25) is 0 Å². The molecule has 1 aliphatic heterocycles. The average molecular weight is 241 g/mol. The van der Waals surface area contributed by atoms with E-state index >= 15 is 0 Å². The number of nitrogens with one attached hydrogen (secondary N) is 1. The van der Waals surface area contributed by atoms with E-state index in [0.29, 0.717) is 0 Å². The van der Waals surface area contributed by atoms with Crippen molar-refractivity contribution in [3.8, 4) is 0 Å². The van der Waals surface area contributed by atoms with Gasteiger partial charge in [-0.15, -0.1) is 0 Å². The van der Waals surface area contributed by atoms with Gasteiger partial charge in [0.2, 0.25) is 0 Å². The van der Waals surface area contributed by atoms with E-state index in [1.165, 1.54) is 45.1 Å². The highest BCUT2D eigenvalue weighted by molar-refractivity contribution is 4.80. The zero-order valence-corrected chi connectivity index (χ0v) is 12.0. The van der Waals surface area contributed by atoms with E-state index in [-0.39, 0.29) is 0 Å². The summed E-state index contributed by atoms with van der Waals surface area (Å²) >= 11 is 0. The average Bonchev–Trinajstić information content (AvgIpc) is 2.40. The molecule has 0 aliphatic carbocycles. The van der Waals surface area contributed by atoms with Crippen molar-refractivity contribution >= 4 is 0 Å². The van der Waals surface area contributed by atoms with Crippen LogP contribution in [0.15, 0.2) is 0 Å². The molecular formula is C15H31NO. The molecule has 0 aromatic heterocycles. The zero-order valence-electron chi connectivity index (χ0n) is 12.0. The number of hydrogen-bond donors (Lipinski definition) is 1. The van der Waals surface area contributed by atoms with Crippen molar-refractivity contribution in [3.05, 3.63) is 0 Å². The molecule has 17 heavy (non-hydrogen) atoms. The first kappa shape index (κ1) is 15.0. The smallest absolute Gasteiger partial charge is 0.0469 e. The van der Waals surface area contributed by atoms with E-state index in [0.717, 1.165) is 31.1 Å². The molecule has 1 rings (SSSR count).